The van der Waals surface area contributed by atoms with E-state index in [2.05, 4.69) is 55.8 Å². The quantitative estimate of drug-likeness (QED) is 0.801. The van der Waals surface area contributed by atoms with Crippen molar-refractivity contribution in [2.75, 3.05) is 0 Å². The van der Waals surface area contributed by atoms with Crippen LogP contribution in [-0.2, 0) is 17.2 Å². The summed E-state index contributed by atoms with van der Waals surface area (Å²) < 4.78 is 0. The summed E-state index contributed by atoms with van der Waals surface area (Å²) in [5.74, 6) is 0.447. The van der Waals surface area contributed by atoms with Crippen LogP contribution < -0.4 is 0 Å². The molecule has 0 heterocycles. The summed E-state index contributed by atoms with van der Waals surface area (Å²) in [6.45, 7) is 8.64. The second kappa shape index (κ2) is 4.56. The zero-order valence-corrected chi connectivity index (χ0v) is 11.5. The molecule has 0 radical (unpaired) electrons. The van der Waals surface area contributed by atoms with Gasteiger partial charge in [-0.05, 0) is 23.0 Å². The van der Waals surface area contributed by atoms with Gasteiger partial charge in [-0.1, -0.05) is 55.8 Å². The van der Waals surface area contributed by atoms with Gasteiger partial charge in [0.1, 0.15) is 5.75 Å². The van der Waals surface area contributed by atoms with Crippen LogP contribution in [-0.4, -0.2) is 5.11 Å². The molecule has 84 valence electrons. The van der Waals surface area contributed by atoms with E-state index in [1.807, 2.05) is 0 Å². The molecule has 0 bridgehead atoms. The zero-order chi connectivity index (χ0) is 11.6. The number of phenols is 1. The van der Waals surface area contributed by atoms with Gasteiger partial charge in [-0.15, -0.1) is 0 Å². The van der Waals surface area contributed by atoms with Gasteiger partial charge >= 0.3 is 0 Å². The van der Waals surface area contributed by atoms with Crippen molar-refractivity contribution in [3.05, 3.63) is 28.8 Å². The number of aromatic hydroxyl groups is 1. The molecule has 1 aromatic carbocycles. The Labute approximate surface area is 101 Å². The first-order valence-electron chi connectivity index (χ1n) is 5.31. The molecule has 0 unspecified atom stereocenters. The smallest absolute Gasteiger partial charge is 0.122 e. The lowest BCUT2D eigenvalue weighted by atomic mass is 9.84. The lowest BCUT2D eigenvalue weighted by Crippen LogP contribution is -2.12. The van der Waals surface area contributed by atoms with Crippen molar-refractivity contribution in [3.63, 3.8) is 0 Å². The van der Waals surface area contributed by atoms with Crippen molar-refractivity contribution >= 4 is 15.9 Å². The molecule has 0 aliphatic heterocycles. The molecule has 1 aromatic rings. The van der Waals surface area contributed by atoms with Gasteiger partial charge in [0.05, 0.1) is 0 Å². The summed E-state index contributed by atoms with van der Waals surface area (Å²) in [6.07, 6.45) is 0.871. The van der Waals surface area contributed by atoms with Crippen molar-refractivity contribution in [1.29, 1.82) is 0 Å². The first kappa shape index (κ1) is 12.6. The van der Waals surface area contributed by atoms with Gasteiger partial charge in [-0.3, -0.25) is 0 Å². The molecule has 0 aliphatic carbocycles. The monoisotopic (exact) mass is 270 g/mol. The number of alkyl halides is 1. The number of phenolic OH excluding ortho intramolecular Hbond substituents is 1. The SMILES string of the molecule is CCc1cc(C(C)(C)C)cc(CBr)c1O. The molecular formula is C13H19BrO. The molecule has 1 nitrogen and oxygen atoms in total. The minimum absolute atomic E-state index is 0.133. The highest BCUT2D eigenvalue weighted by atomic mass is 79.9. The molecule has 0 amide bonds. The molecule has 15 heavy (non-hydrogen) atoms. The number of halogens is 1. The number of hydrogen-bond acceptors (Lipinski definition) is 1. The van der Waals surface area contributed by atoms with Crippen molar-refractivity contribution in [2.24, 2.45) is 0 Å². The molecule has 1 rings (SSSR count). The van der Waals surface area contributed by atoms with E-state index in [1.54, 1.807) is 0 Å². The molecule has 0 aliphatic rings. The first-order chi connectivity index (χ1) is 6.90. The lowest BCUT2D eigenvalue weighted by Gasteiger charge is -2.21. The average molecular weight is 271 g/mol. The van der Waals surface area contributed by atoms with Gasteiger partial charge in [-0.2, -0.15) is 0 Å². The summed E-state index contributed by atoms with van der Waals surface area (Å²) >= 11 is 3.41. The van der Waals surface area contributed by atoms with E-state index in [9.17, 15) is 5.11 Å². The average Bonchev–Trinajstić information content (AvgIpc) is 2.16. The fourth-order valence-electron chi connectivity index (χ4n) is 1.56. The highest BCUT2D eigenvalue weighted by Crippen LogP contribution is 2.32. The van der Waals surface area contributed by atoms with Crippen LogP contribution in [0.1, 0.15) is 44.4 Å². The highest BCUT2D eigenvalue weighted by molar-refractivity contribution is 9.08. The Morgan fingerprint density at radius 3 is 2.13 bits per heavy atom. The Morgan fingerprint density at radius 1 is 1.20 bits per heavy atom. The maximum Gasteiger partial charge on any atom is 0.122 e. The van der Waals surface area contributed by atoms with Crippen molar-refractivity contribution in [1.82, 2.24) is 0 Å². The summed E-state index contributed by atoms with van der Waals surface area (Å²) in [5.41, 5.74) is 3.44. The van der Waals surface area contributed by atoms with E-state index < -0.39 is 0 Å². The molecule has 2 heteroatoms. The summed E-state index contributed by atoms with van der Waals surface area (Å²) in [5, 5.41) is 10.7. The summed E-state index contributed by atoms with van der Waals surface area (Å²) in [6, 6.07) is 4.20. The van der Waals surface area contributed by atoms with Crippen molar-refractivity contribution in [2.45, 2.75) is 44.9 Å². The number of hydrogen-bond donors (Lipinski definition) is 1. The Hall–Kier alpha value is -0.500. The third-order valence-electron chi connectivity index (χ3n) is 2.66. The standard InChI is InChI=1S/C13H19BrO/c1-5-9-6-11(13(2,3)4)7-10(8-14)12(9)15/h6-7,15H,5,8H2,1-4H3. The van der Waals surface area contributed by atoms with Gasteiger partial charge in [0.15, 0.2) is 0 Å². The number of benzene rings is 1. The van der Waals surface area contributed by atoms with E-state index >= 15 is 0 Å². The molecular weight excluding hydrogens is 252 g/mol. The first-order valence-corrected chi connectivity index (χ1v) is 6.43. The normalized spacial score (nSPS) is 11.8. The Kier molecular flexibility index (Phi) is 3.82. The predicted molar refractivity (Wildman–Crippen MR) is 68.8 cm³/mol. The van der Waals surface area contributed by atoms with E-state index in [1.165, 1.54) is 5.56 Å². The molecule has 0 saturated carbocycles. The van der Waals surface area contributed by atoms with Crippen molar-refractivity contribution in [3.8, 4) is 5.75 Å². The number of rotatable bonds is 2. The minimum Gasteiger partial charge on any atom is -0.507 e. The highest BCUT2D eigenvalue weighted by Gasteiger charge is 2.17. The van der Waals surface area contributed by atoms with Crippen LogP contribution in [0, 0.1) is 0 Å². The van der Waals surface area contributed by atoms with Gasteiger partial charge in [0, 0.05) is 10.9 Å². The molecule has 0 saturated heterocycles. The Balaban J connectivity index is 3.33. The van der Waals surface area contributed by atoms with Crippen LogP contribution in [0.25, 0.3) is 0 Å². The molecule has 0 spiro atoms. The van der Waals surface area contributed by atoms with E-state index in [0.29, 0.717) is 11.1 Å². The summed E-state index contributed by atoms with van der Waals surface area (Å²) in [4.78, 5) is 0. The third kappa shape index (κ3) is 2.75. The maximum atomic E-state index is 9.95. The molecule has 0 aromatic heterocycles. The van der Waals surface area contributed by atoms with Crippen LogP contribution in [0.2, 0.25) is 0 Å². The minimum atomic E-state index is 0.133. The van der Waals surface area contributed by atoms with Gasteiger partial charge < -0.3 is 5.11 Å². The van der Waals surface area contributed by atoms with E-state index in [-0.39, 0.29) is 5.41 Å². The lowest BCUT2D eigenvalue weighted by molar-refractivity contribution is 0.462. The molecule has 0 atom stereocenters. The fraction of sp³-hybridized carbons (Fsp3) is 0.538. The van der Waals surface area contributed by atoms with Crippen LogP contribution >= 0.6 is 15.9 Å². The molecule has 0 fully saturated rings. The van der Waals surface area contributed by atoms with E-state index in [0.717, 1.165) is 17.5 Å². The third-order valence-corrected chi connectivity index (χ3v) is 3.26. The van der Waals surface area contributed by atoms with Crippen LogP contribution in [0.15, 0.2) is 12.1 Å². The second-order valence-corrected chi connectivity index (χ2v) is 5.44. The largest absolute Gasteiger partial charge is 0.507 e. The zero-order valence-electron chi connectivity index (χ0n) is 9.89. The summed E-state index contributed by atoms with van der Waals surface area (Å²) in [7, 11) is 0. The van der Waals surface area contributed by atoms with Crippen LogP contribution in [0.5, 0.6) is 5.75 Å². The fourth-order valence-corrected chi connectivity index (χ4v) is 1.99. The topological polar surface area (TPSA) is 20.2 Å². The Morgan fingerprint density at radius 2 is 1.73 bits per heavy atom. The number of aryl methyl sites for hydroxylation is 1. The Bertz CT molecular complexity index is 325. The van der Waals surface area contributed by atoms with Crippen LogP contribution in [0.4, 0.5) is 0 Å². The molecule has 1 N–H and O–H groups in total. The van der Waals surface area contributed by atoms with Crippen LogP contribution in [0.3, 0.4) is 0 Å². The second-order valence-electron chi connectivity index (χ2n) is 4.88. The van der Waals surface area contributed by atoms with E-state index in [4.69, 9.17) is 0 Å². The van der Waals surface area contributed by atoms with Gasteiger partial charge in [0.25, 0.3) is 0 Å². The van der Waals surface area contributed by atoms with Gasteiger partial charge in [0.2, 0.25) is 0 Å². The van der Waals surface area contributed by atoms with Gasteiger partial charge in [-0.25, -0.2) is 0 Å². The van der Waals surface area contributed by atoms with Crippen molar-refractivity contribution < 1.29 is 5.11 Å². The predicted octanol–water partition coefficient (Wildman–Crippen LogP) is 4.15. The maximum absolute atomic E-state index is 9.95.